The number of nitrogens with zero attached hydrogens (tertiary/aromatic N) is 3. The van der Waals surface area contributed by atoms with Crippen LogP contribution in [0.1, 0.15) is 12.8 Å². The van der Waals surface area contributed by atoms with Crippen LogP contribution in [0.4, 0.5) is 5.82 Å². The number of nitrogens with two attached hydrogens (primary N) is 1. The number of methoxy groups -OCH3 is 1. The summed E-state index contributed by atoms with van der Waals surface area (Å²) in [5.41, 5.74) is 5.62. The fourth-order valence-corrected chi connectivity index (χ4v) is 4.04. The van der Waals surface area contributed by atoms with E-state index < -0.39 is 10.0 Å². The Bertz CT molecular complexity index is 582. The van der Waals surface area contributed by atoms with Gasteiger partial charge in [0.1, 0.15) is 0 Å². The molecular formula is C11H18N4O4S. The number of nitrogen functional groups attached to an aromatic ring is 1. The third-order valence-corrected chi connectivity index (χ3v) is 5.51. The first-order valence-corrected chi connectivity index (χ1v) is 7.66. The van der Waals surface area contributed by atoms with E-state index in [-0.39, 0.29) is 35.8 Å². The molecule has 0 atom stereocenters. The molecule has 0 radical (unpaired) electrons. The number of sulfonamides is 1. The van der Waals surface area contributed by atoms with E-state index in [0.29, 0.717) is 12.8 Å². The average Bonchev–Trinajstić information content (AvgIpc) is 2.78. The van der Waals surface area contributed by atoms with Gasteiger partial charge in [0.2, 0.25) is 0 Å². The SMILES string of the molecule is COC(=O)C1CCN(S(=O)(=O)c2c(N)ncn2C)CC1. The second-order valence-electron chi connectivity index (χ2n) is 4.75. The molecule has 1 aliphatic rings. The van der Waals surface area contributed by atoms with Gasteiger partial charge >= 0.3 is 5.97 Å². The van der Waals surface area contributed by atoms with Gasteiger partial charge in [-0.3, -0.25) is 4.79 Å². The molecule has 2 heterocycles. The Morgan fingerprint density at radius 1 is 1.45 bits per heavy atom. The molecule has 0 spiro atoms. The van der Waals surface area contributed by atoms with E-state index in [2.05, 4.69) is 9.72 Å². The molecule has 0 saturated carbocycles. The van der Waals surface area contributed by atoms with Crippen molar-refractivity contribution in [1.82, 2.24) is 13.9 Å². The van der Waals surface area contributed by atoms with Crippen LogP contribution < -0.4 is 5.73 Å². The van der Waals surface area contributed by atoms with Crippen LogP contribution in [-0.4, -0.2) is 48.4 Å². The second-order valence-corrected chi connectivity index (χ2v) is 6.60. The Morgan fingerprint density at radius 2 is 2.05 bits per heavy atom. The van der Waals surface area contributed by atoms with Crippen molar-refractivity contribution in [2.45, 2.75) is 17.9 Å². The topological polar surface area (TPSA) is 108 Å². The fraction of sp³-hybridized carbons (Fsp3) is 0.636. The molecule has 20 heavy (non-hydrogen) atoms. The first-order valence-electron chi connectivity index (χ1n) is 6.22. The molecular weight excluding hydrogens is 284 g/mol. The van der Waals surface area contributed by atoms with Gasteiger partial charge in [-0.1, -0.05) is 0 Å². The summed E-state index contributed by atoms with van der Waals surface area (Å²) in [7, 11) is -0.763. The molecule has 1 fully saturated rings. The Morgan fingerprint density at radius 3 is 2.50 bits per heavy atom. The van der Waals surface area contributed by atoms with Crippen LogP contribution in [0.2, 0.25) is 0 Å². The van der Waals surface area contributed by atoms with Crippen LogP contribution >= 0.6 is 0 Å². The number of carbonyl (C=O) groups is 1. The summed E-state index contributed by atoms with van der Waals surface area (Å²) in [4.78, 5) is 15.2. The number of anilines is 1. The largest absolute Gasteiger partial charge is 0.469 e. The lowest BCUT2D eigenvalue weighted by Crippen LogP contribution is -2.41. The summed E-state index contributed by atoms with van der Waals surface area (Å²) in [6.07, 6.45) is 2.26. The maximum atomic E-state index is 12.5. The summed E-state index contributed by atoms with van der Waals surface area (Å²) < 4.78 is 32.4. The molecule has 1 saturated heterocycles. The van der Waals surface area contributed by atoms with Crippen LogP contribution in [0, 0.1) is 5.92 Å². The van der Waals surface area contributed by atoms with E-state index in [9.17, 15) is 13.2 Å². The van der Waals surface area contributed by atoms with E-state index in [0.717, 1.165) is 0 Å². The first kappa shape index (κ1) is 14.8. The maximum absolute atomic E-state index is 12.5. The minimum absolute atomic E-state index is 0.00554. The van der Waals surface area contributed by atoms with Crippen LogP contribution in [0.15, 0.2) is 11.4 Å². The number of ether oxygens (including phenoxy) is 1. The molecule has 0 bridgehead atoms. The first-order chi connectivity index (χ1) is 9.37. The molecule has 2 rings (SSSR count). The van der Waals surface area contributed by atoms with Gasteiger partial charge < -0.3 is 15.0 Å². The number of hydrogen-bond acceptors (Lipinski definition) is 6. The average molecular weight is 302 g/mol. The van der Waals surface area contributed by atoms with Crippen molar-refractivity contribution < 1.29 is 17.9 Å². The highest BCUT2D eigenvalue weighted by atomic mass is 32.2. The minimum Gasteiger partial charge on any atom is -0.469 e. The quantitative estimate of drug-likeness (QED) is 0.760. The summed E-state index contributed by atoms with van der Waals surface area (Å²) in [5, 5.41) is -0.00554. The Hall–Kier alpha value is -1.61. The van der Waals surface area contributed by atoms with E-state index in [1.165, 1.54) is 22.3 Å². The lowest BCUT2D eigenvalue weighted by atomic mass is 9.99. The van der Waals surface area contributed by atoms with E-state index in [4.69, 9.17) is 5.73 Å². The molecule has 0 unspecified atom stereocenters. The van der Waals surface area contributed by atoms with Crippen LogP contribution in [0.3, 0.4) is 0 Å². The van der Waals surface area contributed by atoms with Gasteiger partial charge in [0, 0.05) is 20.1 Å². The standard InChI is InChI=1S/C11H18N4O4S/c1-14-7-13-9(12)10(14)20(17,18)15-5-3-8(4-6-15)11(16)19-2/h7-8H,3-6,12H2,1-2H3. The smallest absolute Gasteiger partial charge is 0.308 e. The monoisotopic (exact) mass is 302 g/mol. The van der Waals surface area contributed by atoms with Gasteiger partial charge in [0.05, 0.1) is 19.4 Å². The Kier molecular flexibility index (Phi) is 4.00. The van der Waals surface area contributed by atoms with Gasteiger partial charge in [0.25, 0.3) is 10.0 Å². The van der Waals surface area contributed by atoms with Crippen molar-refractivity contribution in [2.75, 3.05) is 25.9 Å². The van der Waals surface area contributed by atoms with Crippen molar-refractivity contribution in [3.05, 3.63) is 6.33 Å². The molecule has 112 valence electrons. The molecule has 1 aromatic rings. The normalized spacial score (nSPS) is 18.1. The number of aromatic nitrogens is 2. The van der Waals surface area contributed by atoms with Crippen LogP contribution in [0.5, 0.6) is 0 Å². The zero-order valence-corrected chi connectivity index (χ0v) is 12.3. The van der Waals surface area contributed by atoms with Crippen molar-refractivity contribution in [3.8, 4) is 0 Å². The fourth-order valence-electron chi connectivity index (χ4n) is 2.37. The predicted octanol–water partition coefficient (Wildman–Crippen LogP) is -0.424. The molecule has 1 aromatic heterocycles. The minimum atomic E-state index is -3.68. The predicted molar refractivity (Wildman–Crippen MR) is 71.1 cm³/mol. The zero-order chi connectivity index (χ0) is 14.9. The van der Waals surface area contributed by atoms with E-state index in [1.807, 2.05) is 0 Å². The number of hydrogen-bond donors (Lipinski definition) is 1. The van der Waals surface area contributed by atoms with Crippen molar-refractivity contribution >= 4 is 21.8 Å². The second kappa shape index (κ2) is 5.41. The van der Waals surface area contributed by atoms with Gasteiger partial charge in [-0.2, -0.15) is 4.31 Å². The molecule has 8 nitrogen and oxygen atoms in total. The summed E-state index contributed by atoms with van der Waals surface area (Å²) in [6, 6.07) is 0. The number of piperidine rings is 1. The van der Waals surface area contributed by atoms with Crippen LogP contribution in [-0.2, 0) is 26.6 Å². The summed E-state index contributed by atoms with van der Waals surface area (Å²) in [5.74, 6) is -0.542. The third kappa shape index (κ3) is 2.50. The van der Waals surface area contributed by atoms with Gasteiger partial charge in [-0.25, -0.2) is 13.4 Å². The molecule has 2 N–H and O–H groups in total. The summed E-state index contributed by atoms with van der Waals surface area (Å²) >= 11 is 0. The Balaban J connectivity index is 2.16. The number of aryl methyl sites for hydroxylation is 1. The van der Waals surface area contributed by atoms with Gasteiger partial charge in [0.15, 0.2) is 10.8 Å². The zero-order valence-electron chi connectivity index (χ0n) is 11.4. The van der Waals surface area contributed by atoms with Gasteiger partial charge in [-0.05, 0) is 12.8 Å². The number of imidazole rings is 1. The lowest BCUT2D eigenvalue weighted by molar-refractivity contribution is -0.146. The highest BCUT2D eigenvalue weighted by Gasteiger charge is 2.35. The maximum Gasteiger partial charge on any atom is 0.308 e. The number of rotatable bonds is 3. The highest BCUT2D eigenvalue weighted by Crippen LogP contribution is 2.26. The van der Waals surface area contributed by atoms with E-state index in [1.54, 1.807) is 7.05 Å². The van der Waals surface area contributed by atoms with Crippen molar-refractivity contribution in [3.63, 3.8) is 0 Å². The number of esters is 1. The van der Waals surface area contributed by atoms with Crippen LogP contribution in [0.25, 0.3) is 0 Å². The van der Waals surface area contributed by atoms with Crippen molar-refractivity contribution in [2.24, 2.45) is 13.0 Å². The van der Waals surface area contributed by atoms with Gasteiger partial charge in [-0.15, -0.1) is 0 Å². The summed E-state index contributed by atoms with van der Waals surface area (Å²) in [6.45, 7) is 0.541. The number of carbonyl (C=O) groups excluding carboxylic acids is 1. The van der Waals surface area contributed by atoms with Crippen molar-refractivity contribution in [1.29, 1.82) is 0 Å². The Labute approximate surface area is 117 Å². The molecule has 1 aliphatic heterocycles. The highest BCUT2D eigenvalue weighted by molar-refractivity contribution is 7.89. The molecule has 0 amide bonds. The molecule has 9 heteroatoms. The molecule has 0 aromatic carbocycles. The third-order valence-electron chi connectivity index (χ3n) is 3.48. The van der Waals surface area contributed by atoms with E-state index >= 15 is 0 Å². The molecule has 0 aliphatic carbocycles. The lowest BCUT2D eigenvalue weighted by Gasteiger charge is -2.29.